The fourth-order valence-electron chi connectivity index (χ4n) is 2.94. The first kappa shape index (κ1) is 19.9. The smallest absolute Gasteiger partial charge is 0.193 e. The molecule has 4 nitrogen and oxygen atoms in total. The highest BCUT2D eigenvalue weighted by molar-refractivity contribution is 5.93. The van der Waals surface area contributed by atoms with Gasteiger partial charge in [-0.3, -0.25) is 0 Å². The Bertz CT molecular complexity index is 746. The standard InChI is InChI=1S/C21H29FN4/c1-5-16-8-7-9-17(6-2)20(16)25-21(23)24-13-15-10-11-19(22)18(12-15)14-26(3)4/h7-12H,5-6,13-14H2,1-4H3,(H3,23,24,25). The van der Waals surface area contributed by atoms with Crippen LogP contribution < -0.4 is 11.1 Å². The Morgan fingerprint density at radius 1 is 1.08 bits per heavy atom. The highest BCUT2D eigenvalue weighted by Crippen LogP contribution is 2.22. The number of rotatable bonds is 7. The molecule has 0 spiro atoms. The van der Waals surface area contributed by atoms with Crippen LogP contribution in [0.15, 0.2) is 41.4 Å². The van der Waals surface area contributed by atoms with Crippen molar-refractivity contribution in [1.29, 1.82) is 0 Å². The average molecular weight is 356 g/mol. The van der Waals surface area contributed by atoms with E-state index in [9.17, 15) is 4.39 Å². The van der Waals surface area contributed by atoms with Crippen molar-refractivity contribution in [2.45, 2.75) is 39.8 Å². The Hall–Kier alpha value is -2.40. The Kier molecular flexibility index (Phi) is 7.16. The van der Waals surface area contributed by atoms with Gasteiger partial charge in [0.2, 0.25) is 0 Å². The number of para-hydroxylation sites is 1. The zero-order valence-corrected chi connectivity index (χ0v) is 16.1. The summed E-state index contributed by atoms with van der Waals surface area (Å²) in [6.45, 7) is 5.21. The van der Waals surface area contributed by atoms with Crippen LogP contribution in [0, 0.1) is 5.82 Å². The molecule has 2 aromatic rings. The summed E-state index contributed by atoms with van der Waals surface area (Å²) in [5.41, 5.74) is 11.2. The van der Waals surface area contributed by atoms with E-state index >= 15 is 0 Å². The quantitative estimate of drug-likeness (QED) is 0.584. The molecule has 0 atom stereocenters. The molecule has 0 bridgehead atoms. The highest BCUT2D eigenvalue weighted by Gasteiger charge is 2.08. The Balaban J connectivity index is 2.14. The number of anilines is 1. The van der Waals surface area contributed by atoms with Gasteiger partial charge in [0.25, 0.3) is 0 Å². The summed E-state index contributed by atoms with van der Waals surface area (Å²) in [6, 6.07) is 11.4. The number of aryl methyl sites for hydroxylation is 2. The van der Waals surface area contributed by atoms with Crippen molar-refractivity contribution in [2.24, 2.45) is 10.7 Å². The number of guanidine groups is 1. The lowest BCUT2D eigenvalue weighted by molar-refractivity contribution is 0.392. The summed E-state index contributed by atoms with van der Waals surface area (Å²) in [6.07, 6.45) is 1.85. The van der Waals surface area contributed by atoms with E-state index in [1.807, 2.05) is 25.1 Å². The van der Waals surface area contributed by atoms with E-state index in [-0.39, 0.29) is 5.82 Å². The van der Waals surface area contributed by atoms with Crippen molar-refractivity contribution >= 4 is 11.6 Å². The molecule has 0 aliphatic heterocycles. The first-order valence-electron chi connectivity index (χ1n) is 9.04. The molecular weight excluding hydrogens is 327 g/mol. The number of aliphatic imine (C=N–C) groups is 1. The van der Waals surface area contributed by atoms with E-state index < -0.39 is 0 Å². The highest BCUT2D eigenvalue weighted by atomic mass is 19.1. The molecule has 0 aliphatic rings. The first-order chi connectivity index (χ1) is 12.4. The Labute approximate surface area is 155 Å². The third-order valence-corrected chi connectivity index (χ3v) is 4.28. The summed E-state index contributed by atoms with van der Waals surface area (Å²) in [5, 5.41) is 3.25. The molecule has 26 heavy (non-hydrogen) atoms. The average Bonchev–Trinajstić information content (AvgIpc) is 2.62. The lowest BCUT2D eigenvalue weighted by Crippen LogP contribution is -2.24. The van der Waals surface area contributed by atoms with Crippen LogP contribution in [0.2, 0.25) is 0 Å². The Morgan fingerprint density at radius 2 is 1.73 bits per heavy atom. The summed E-state index contributed by atoms with van der Waals surface area (Å²) in [5.74, 6) is 0.182. The predicted octanol–water partition coefficient (Wildman–Crippen LogP) is 3.94. The van der Waals surface area contributed by atoms with Crippen LogP contribution in [-0.4, -0.2) is 25.0 Å². The summed E-state index contributed by atoms with van der Waals surface area (Å²) < 4.78 is 13.9. The molecule has 2 rings (SSSR count). The van der Waals surface area contributed by atoms with Crippen molar-refractivity contribution in [2.75, 3.05) is 19.4 Å². The molecule has 0 aliphatic carbocycles. The van der Waals surface area contributed by atoms with Crippen LogP contribution in [0.4, 0.5) is 10.1 Å². The van der Waals surface area contributed by atoms with E-state index in [1.54, 1.807) is 6.07 Å². The molecule has 2 aromatic carbocycles. The molecule has 5 heteroatoms. The van der Waals surface area contributed by atoms with Crippen LogP contribution >= 0.6 is 0 Å². The van der Waals surface area contributed by atoms with Gasteiger partial charge in [-0.2, -0.15) is 0 Å². The molecule has 0 saturated carbocycles. The number of nitrogens with one attached hydrogen (secondary N) is 1. The number of halogens is 1. The summed E-state index contributed by atoms with van der Waals surface area (Å²) >= 11 is 0. The first-order valence-corrected chi connectivity index (χ1v) is 9.04. The van der Waals surface area contributed by atoms with Crippen LogP contribution in [0.25, 0.3) is 0 Å². The number of nitrogens with zero attached hydrogens (tertiary/aromatic N) is 2. The van der Waals surface area contributed by atoms with Crippen molar-refractivity contribution in [3.05, 3.63) is 64.5 Å². The fraction of sp³-hybridized carbons (Fsp3) is 0.381. The molecule has 140 valence electrons. The summed E-state index contributed by atoms with van der Waals surface area (Å²) in [7, 11) is 3.84. The topological polar surface area (TPSA) is 53.6 Å². The van der Waals surface area contributed by atoms with Gasteiger partial charge < -0.3 is 16.0 Å². The van der Waals surface area contributed by atoms with E-state index in [4.69, 9.17) is 5.73 Å². The molecule has 3 N–H and O–H groups in total. The van der Waals surface area contributed by atoms with Gasteiger partial charge in [0.1, 0.15) is 5.82 Å². The molecule has 0 radical (unpaired) electrons. The SMILES string of the molecule is CCc1cccc(CC)c1NC(N)=NCc1ccc(F)c(CN(C)C)c1. The van der Waals surface area contributed by atoms with Crippen LogP contribution in [0.5, 0.6) is 0 Å². The molecule has 0 aromatic heterocycles. The number of hydrogen-bond acceptors (Lipinski definition) is 2. The third-order valence-electron chi connectivity index (χ3n) is 4.28. The maximum Gasteiger partial charge on any atom is 0.193 e. The normalized spacial score (nSPS) is 11.8. The van der Waals surface area contributed by atoms with Crippen molar-refractivity contribution in [3.8, 4) is 0 Å². The van der Waals surface area contributed by atoms with Gasteiger partial charge in [-0.15, -0.1) is 0 Å². The van der Waals surface area contributed by atoms with E-state index in [1.165, 1.54) is 17.2 Å². The van der Waals surface area contributed by atoms with E-state index in [0.717, 1.165) is 24.1 Å². The maximum absolute atomic E-state index is 13.9. The van der Waals surface area contributed by atoms with Crippen LogP contribution in [-0.2, 0) is 25.9 Å². The van der Waals surface area contributed by atoms with Gasteiger partial charge in [-0.25, -0.2) is 9.38 Å². The zero-order valence-electron chi connectivity index (χ0n) is 16.1. The Morgan fingerprint density at radius 3 is 2.31 bits per heavy atom. The van der Waals surface area contributed by atoms with Gasteiger partial charge in [0, 0.05) is 17.8 Å². The largest absolute Gasteiger partial charge is 0.370 e. The van der Waals surface area contributed by atoms with Gasteiger partial charge >= 0.3 is 0 Å². The predicted molar refractivity (Wildman–Crippen MR) is 108 cm³/mol. The minimum atomic E-state index is -0.193. The number of hydrogen-bond donors (Lipinski definition) is 2. The molecule has 0 saturated heterocycles. The third kappa shape index (κ3) is 5.30. The number of benzene rings is 2. The number of nitrogens with two attached hydrogens (primary N) is 1. The lowest BCUT2D eigenvalue weighted by Gasteiger charge is -2.15. The molecule has 0 amide bonds. The maximum atomic E-state index is 13.9. The minimum absolute atomic E-state index is 0.193. The molecule has 0 fully saturated rings. The minimum Gasteiger partial charge on any atom is -0.370 e. The van der Waals surface area contributed by atoms with Crippen molar-refractivity contribution < 1.29 is 4.39 Å². The second-order valence-corrected chi connectivity index (χ2v) is 6.65. The van der Waals surface area contributed by atoms with Crippen LogP contribution in [0.1, 0.15) is 36.1 Å². The van der Waals surface area contributed by atoms with E-state index in [2.05, 4.69) is 42.4 Å². The van der Waals surface area contributed by atoms with Crippen molar-refractivity contribution in [1.82, 2.24) is 4.90 Å². The molecular formula is C21H29FN4. The van der Waals surface area contributed by atoms with Gasteiger partial charge in [-0.1, -0.05) is 38.1 Å². The van der Waals surface area contributed by atoms with Crippen LogP contribution in [0.3, 0.4) is 0 Å². The van der Waals surface area contributed by atoms with E-state index in [0.29, 0.717) is 24.6 Å². The second-order valence-electron chi connectivity index (χ2n) is 6.65. The molecule has 0 heterocycles. The summed E-state index contributed by atoms with van der Waals surface area (Å²) in [4.78, 5) is 6.38. The van der Waals surface area contributed by atoms with Gasteiger partial charge in [0.05, 0.1) is 6.54 Å². The zero-order chi connectivity index (χ0) is 19.1. The lowest BCUT2D eigenvalue weighted by atomic mass is 10.0. The fourth-order valence-corrected chi connectivity index (χ4v) is 2.94. The molecule has 0 unspecified atom stereocenters. The monoisotopic (exact) mass is 356 g/mol. The second kappa shape index (κ2) is 9.34. The van der Waals surface area contributed by atoms with Crippen molar-refractivity contribution in [3.63, 3.8) is 0 Å². The van der Waals surface area contributed by atoms with Gasteiger partial charge in [-0.05, 0) is 55.8 Å². The van der Waals surface area contributed by atoms with Gasteiger partial charge in [0.15, 0.2) is 5.96 Å².